The minimum atomic E-state index is -0.0189. The minimum absolute atomic E-state index is 0.0189. The molecule has 0 aliphatic heterocycles. The van der Waals surface area contributed by atoms with Crippen LogP contribution in [-0.4, -0.2) is 12.6 Å². The molecule has 0 aromatic rings. The summed E-state index contributed by atoms with van der Waals surface area (Å²) in [4.78, 5) is 11.9. The van der Waals surface area contributed by atoms with Gasteiger partial charge in [-0.3, -0.25) is 4.79 Å². The molecular formula is C21H40O2. The van der Waals surface area contributed by atoms with E-state index in [1.165, 1.54) is 77.0 Å². The second kappa shape index (κ2) is 17.6. The lowest BCUT2D eigenvalue weighted by atomic mass is 9.91. The van der Waals surface area contributed by atoms with E-state index in [2.05, 4.69) is 13.8 Å². The Bertz CT molecular complexity index is 284. The van der Waals surface area contributed by atoms with Crippen molar-refractivity contribution in [2.75, 3.05) is 6.61 Å². The van der Waals surface area contributed by atoms with Crippen LogP contribution in [0, 0.1) is 5.92 Å². The van der Waals surface area contributed by atoms with Crippen LogP contribution in [0.4, 0.5) is 0 Å². The number of unbranched alkanes of at least 4 members (excludes halogenated alkanes) is 8. The van der Waals surface area contributed by atoms with E-state index in [9.17, 15) is 4.79 Å². The van der Waals surface area contributed by atoms with Gasteiger partial charge in [0.15, 0.2) is 0 Å². The molecule has 0 saturated carbocycles. The van der Waals surface area contributed by atoms with Gasteiger partial charge in [0.05, 0.1) is 0 Å². The van der Waals surface area contributed by atoms with Crippen LogP contribution in [0.2, 0.25) is 0 Å². The molecule has 1 unspecified atom stereocenters. The van der Waals surface area contributed by atoms with Gasteiger partial charge in [0.2, 0.25) is 0 Å². The van der Waals surface area contributed by atoms with Gasteiger partial charge in [0.1, 0.15) is 6.61 Å². The smallest absolute Gasteiger partial charge is 0.306 e. The molecule has 0 aromatic carbocycles. The highest BCUT2D eigenvalue weighted by Gasteiger charge is 2.14. The lowest BCUT2D eigenvalue weighted by Crippen LogP contribution is -2.12. The lowest BCUT2D eigenvalue weighted by molar-refractivity contribution is -0.143. The average molecular weight is 325 g/mol. The van der Waals surface area contributed by atoms with E-state index in [1.54, 1.807) is 0 Å². The quantitative estimate of drug-likeness (QED) is 0.177. The van der Waals surface area contributed by atoms with Crippen LogP contribution < -0.4 is 0 Å². The van der Waals surface area contributed by atoms with Crippen LogP contribution >= 0.6 is 0 Å². The van der Waals surface area contributed by atoms with E-state index in [4.69, 9.17) is 4.74 Å². The summed E-state index contributed by atoms with van der Waals surface area (Å²) in [5, 5.41) is 0. The topological polar surface area (TPSA) is 26.3 Å². The second-order valence-electron chi connectivity index (χ2n) is 6.73. The van der Waals surface area contributed by atoms with Crippen molar-refractivity contribution in [1.82, 2.24) is 0 Å². The summed E-state index contributed by atoms with van der Waals surface area (Å²) >= 11 is 0. The number of rotatable bonds is 16. The van der Waals surface area contributed by atoms with Gasteiger partial charge < -0.3 is 4.74 Å². The van der Waals surface area contributed by atoms with Crippen LogP contribution in [-0.2, 0) is 9.53 Å². The van der Waals surface area contributed by atoms with Crippen molar-refractivity contribution in [3.63, 3.8) is 0 Å². The van der Waals surface area contributed by atoms with Crippen molar-refractivity contribution >= 4 is 5.97 Å². The lowest BCUT2D eigenvalue weighted by Gasteiger charge is -2.16. The number of ether oxygens (including phenoxy) is 1. The monoisotopic (exact) mass is 324 g/mol. The summed E-state index contributed by atoms with van der Waals surface area (Å²) in [6.07, 6.45) is 19.9. The summed E-state index contributed by atoms with van der Waals surface area (Å²) in [6, 6.07) is 0. The molecule has 0 rings (SSSR count). The Balaban J connectivity index is 3.98. The first-order valence-electron chi connectivity index (χ1n) is 10.0. The van der Waals surface area contributed by atoms with Crippen LogP contribution in [0.5, 0.6) is 0 Å². The van der Waals surface area contributed by atoms with E-state index >= 15 is 0 Å². The number of esters is 1. The van der Waals surface area contributed by atoms with Crippen molar-refractivity contribution < 1.29 is 9.53 Å². The molecule has 23 heavy (non-hydrogen) atoms. The maximum absolute atomic E-state index is 11.9. The highest BCUT2D eigenvalue weighted by molar-refractivity contribution is 5.69. The minimum Gasteiger partial charge on any atom is -0.461 e. The molecule has 0 aromatic heterocycles. The van der Waals surface area contributed by atoms with Crippen LogP contribution in [0.25, 0.3) is 0 Å². The third kappa shape index (κ3) is 15.9. The fourth-order valence-corrected chi connectivity index (χ4v) is 2.95. The molecule has 2 heteroatoms. The summed E-state index contributed by atoms with van der Waals surface area (Å²) in [7, 11) is 0. The molecule has 0 spiro atoms. The Hall–Kier alpha value is -0.790. The van der Waals surface area contributed by atoms with Crippen molar-refractivity contribution in [1.29, 1.82) is 0 Å². The van der Waals surface area contributed by atoms with E-state index in [-0.39, 0.29) is 5.97 Å². The zero-order valence-corrected chi connectivity index (χ0v) is 15.9. The molecule has 2 nitrogen and oxygen atoms in total. The van der Waals surface area contributed by atoms with Gasteiger partial charge in [-0.25, -0.2) is 0 Å². The Morgan fingerprint density at radius 1 is 0.870 bits per heavy atom. The molecule has 0 aliphatic carbocycles. The van der Waals surface area contributed by atoms with Crippen molar-refractivity contribution in [2.45, 2.75) is 104 Å². The summed E-state index contributed by atoms with van der Waals surface area (Å²) < 4.78 is 5.27. The molecule has 0 heterocycles. The van der Waals surface area contributed by atoms with E-state index < -0.39 is 0 Å². The van der Waals surface area contributed by atoms with Gasteiger partial charge >= 0.3 is 5.97 Å². The highest BCUT2D eigenvalue weighted by atomic mass is 16.5. The summed E-state index contributed by atoms with van der Waals surface area (Å²) in [6.45, 7) is 6.87. The SMILES string of the molecule is C/C=C/COC(=O)CC(CCCCCC)CCCCCCCC. The Labute approximate surface area is 145 Å². The predicted octanol–water partition coefficient (Wildman–Crippen LogP) is 6.83. The molecule has 0 fully saturated rings. The zero-order valence-electron chi connectivity index (χ0n) is 15.9. The highest BCUT2D eigenvalue weighted by Crippen LogP contribution is 2.22. The largest absolute Gasteiger partial charge is 0.461 e. The summed E-state index contributed by atoms with van der Waals surface area (Å²) in [5.74, 6) is 0.505. The third-order valence-electron chi connectivity index (χ3n) is 4.46. The van der Waals surface area contributed by atoms with Crippen molar-refractivity contribution in [2.24, 2.45) is 5.92 Å². The zero-order chi connectivity index (χ0) is 17.2. The van der Waals surface area contributed by atoms with Gasteiger partial charge in [-0.05, 0) is 25.7 Å². The number of carbonyl (C=O) groups excluding carboxylic acids is 1. The van der Waals surface area contributed by atoms with E-state index in [0.29, 0.717) is 18.9 Å². The number of allylic oxidation sites excluding steroid dienone is 1. The van der Waals surface area contributed by atoms with Crippen molar-refractivity contribution in [3.05, 3.63) is 12.2 Å². The molecule has 0 bridgehead atoms. The molecule has 0 saturated heterocycles. The number of hydrogen-bond donors (Lipinski definition) is 0. The summed E-state index contributed by atoms with van der Waals surface area (Å²) in [5.41, 5.74) is 0. The predicted molar refractivity (Wildman–Crippen MR) is 101 cm³/mol. The first kappa shape index (κ1) is 22.2. The molecule has 136 valence electrons. The second-order valence-corrected chi connectivity index (χ2v) is 6.73. The Kier molecular flexibility index (Phi) is 17.0. The maximum Gasteiger partial charge on any atom is 0.306 e. The fourth-order valence-electron chi connectivity index (χ4n) is 2.95. The number of carbonyl (C=O) groups is 1. The fraction of sp³-hybridized carbons (Fsp3) is 0.857. The van der Waals surface area contributed by atoms with E-state index in [1.807, 2.05) is 19.1 Å². The van der Waals surface area contributed by atoms with Gasteiger partial charge in [-0.1, -0.05) is 90.2 Å². The molecule has 0 amide bonds. The van der Waals surface area contributed by atoms with Crippen LogP contribution in [0.1, 0.15) is 104 Å². The Morgan fingerprint density at radius 2 is 1.39 bits per heavy atom. The van der Waals surface area contributed by atoms with E-state index in [0.717, 1.165) is 0 Å². The number of hydrogen-bond acceptors (Lipinski definition) is 2. The van der Waals surface area contributed by atoms with Crippen LogP contribution in [0.3, 0.4) is 0 Å². The maximum atomic E-state index is 11.9. The van der Waals surface area contributed by atoms with Crippen molar-refractivity contribution in [3.8, 4) is 0 Å². The van der Waals surface area contributed by atoms with Gasteiger partial charge in [0.25, 0.3) is 0 Å². The van der Waals surface area contributed by atoms with Crippen LogP contribution in [0.15, 0.2) is 12.2 Å². The standard InChI is InChI=1S/C21H40O2/c1-4-7-10-12-13-15-17-20(16-14-11-8-5-2)19-21(22)23-18-9-6-3/h6,9,20H,4-5,7-8,10-19H2,1-3H3/b9-6+. The van der Waals surface area contributed by atoms with Gasteiger partial charge in [-0.15, -0.1) is 0 Å². The Morgan fingerprint density at radius 3 is 1.96 bits per heavy atom. The molecular weight excluding hydrogens is 284 g/mol. The molecule has 0 N–H and O–H groups in total. The normalized spacial score (nSPS) is 12.7. The first-order valence-corrected chi connectivity index (χ1v) is 10.0. The molecule has 0 radical (unpaired) electrons. The van der Waals surface area contributed by atoms with Gasteiger partial charge in [0, 0.05) is 6.42 Å². The molecule has 1 atom stereocenters. The average Bonchev–Trinajstić information content (AvgIpc) is 2.54. The van der Waals surface area contributed by atoms with Gasteiger partial charge in [-0.2, -0.15) is 0 Å². The third-order valence-corrected chi connectivity index (χ3v) is 4.46. The molecule has 0 aliphatic rings. The first-order chi connectivity index (χ1) is 11.2.